The average Bonchev–Trinajstić information content (AvgIpc) is 3.01. The Morgan fingerprint density at radius 2 is 2.04 bits per heavy atom. The van der Waals surface area contributed by atoms with Crippen molar-refractivity contribution in [3.8, 4) is 6.07 Å². The Labute approximate surface area is 137 Å². The van der Waals surface area contributed by atoms with Crippen molar-refractivity contribution in [2.24, 2.45) is 35.5 Å². The lowest BCUT2D eigenvalue weighted by atomic mass is 9.68. The zero-order valence-corrected chi connectivity index (χ0v) is 14.7. The molecule has 6 atom stereocenters. The minimum atomic E-state index is -4.00. The van der Waals surface area contributed by atoms with Crippen molar-refractivity contribution in [1.82, 2.24) is 0 Å². The van der Waals surface area contributed by atoms with Gasteiger partial charge in [-0.05, 0) is 24.2 Å². The summed E-state index contributed by atoms with van der Waals surface area (Å²) in [6.07, 6.45) is -0.193. The van der Waals surface area contributed by atoms with Gasteiger partial charge in [-0.15, -0.1) is 0 Å². The summed E-state index contributed by atoms with van der Waals surface area (Å²) in [7, 11) is -4.00. The van der Waals surface area contributed by atoms with E-state index in [0.29, 0.717) is 13.0 Å². The number of rotatable bonds is 4. The zero-order valence-electron chi connectivity index (χ0n) is 13.9. The van der Waals surface area contributed by atoms with Gasteiger partial charge in [0.25, 0.3) is 10.1 Å². The van der Waals surface area contributed by atoms with Crippen LogP contribution < -0.4 is 0 Å². The van der Waals surface area contributed by atoms with Crippen molar-refractivity contribution in [3.05, 3.63) is 0 Å². The molecule has 2 aliphatic carbocycles. The quantitative estimate of drug-likeness (QED) is 0.571. The van der Waals surface area contributed by atoms with Gasteiger partial charge in [0.05, 0.1) is 24.7 Å². The van der Waals surface area contributed by atoms with E-state index in [1.54, 1.807) is 0 Å². The van der Waals surface area contributed by atoms with Crippen molar-refractivity contribution < 1.29 is 22.1 Å². The van der Waals surface area contributed by atoms with Gasteiger partial charge in [-0.2, -0.15) is 13.7 Å². The second-order valence-electron chi connectivity index (χ2n) is 7.75. The van der Waals surface area contributed by atoms with Crippen LogP contribution in [0.15, 0.2) is 0 Å². The van der Waals surface area contributed by atoms with E-state index in [9.17, 15) is 18.5 Å². The number of carbonyl (C=O) groups excluding carboxylic acids is 1. The zero-order chi connectivity index (χ0) is 17.2. The number of carbonyl (C=O) groups is 1. The van der Waals surface area contributed by atoms with Gasteiger partial charge in [0.15, 0.2) is 4.75 Å². The molecule has 0 amide bonds. The molecule has 6 nitrogen and oxygen atoms in total. The number of hydrogen-bond acceptors (Lipinski definition) is 6. The molecule has 23 heavy (non-hydrogen) atoms. The average molecular weight is 341 g/mol. The number of fused-ring (bicyclic) bond motifs is 1. The Bertz CT molecular complexity index is 664. The molecule has 1 aliphatic heterocycles. The van der Waals surface area contributed by atoms with Gasteiger partial charge < -0.3 is 4.74 Å². The second-order valence-corrected chi connectivity index (χ2v) is 9.52. The highest BCUT2D eigenvalue weighted by atomic mass is 32.2. The van der Waals surface area contributed by atoms with Crippen LogP contribution in [0.5, 0.6) is 0 Å². The van der Waals surface area contributed by atoms with E-state index in [2.05, 4.69) is 6.07 Å². The first-order chi connectivity index (χ1) is 10.7. The third-order valence-corrected chi connectivity index (χ3v) is 7.59. The molecule has 0 aromatic rings. The number of nitrogens with zero attached hydrogens (tertiary/aromatic N) is 1. The lowest BCUT2D eigenvalue weighted by Crippen LogP contribution is -2.51. The molecule has 6 unspecified atom stereocenters. The first-order valence-corrected chi connectivity index (χ1v) is 9.59. The summed E-state index contributed by atoms with van der Waals surface area (Å²) in [6.45, 7) is 8.01. The largest absolute Gasteiger partial charge is 0.465 e. The van der Waals surface area contributed by atoms with Crippen LogP contribution in [0.4, 0.5) is 0 Å². The monoisotopic (exact) mass is 341 g/mol. The molecular weight excluding hydrogens is 318 g/mol. The molecule has 2 bridgehead atoms. The molecule has 128 valence electrons. The maximum atomic E-state index is 12.6. The van der Waals surface area contributed by atoms with E-state index in [0.717, 1.165) is 0 Å². The van der Waals surface area contributed by atoms with E-state index in [-0.39, 0.29) is 23.7 Å². The minimum absolute atomic E-state index is 0.0255. The van der Waals surface area contributed by atoms with Gasteiger partial charge >= 0.3 is 5.97 Å². The molecule has 3 aliphatic rings. The van der Waals surface area contributed by atoms with E-state index in [1.165, 1.54) is 0 Å². The number of nitriles is 1. The van der Waals surface area contributed by atoms with Gasteiger partial charge in [-0.1, -0.05) is 27.7 Å². The minimum Gasteiger partial charge on any atom is -0.465 e. The summed E-state index contributed by atoms with van der Waals surface area (Å²) in [4.78, 5) is 12.5. The molecule has 3 fully saturated rings. The maximum Gasteiger partial charge on any atom is 0.311 e. The highest BCUT2D eigenvalue weighted by Crippen LogP contribution is 2.67. The number of esters is 1. The third kappa shape index (κ3) is 2.01. The Morgan fingerprint density at radius 1 is 1.39 bits per heavy atom. The molecule has 0 aromatic heterocycles. The summed E-state index contributed by atoms with van der Waals surface area (Å²) < 4.78 is 34.3. The summed E-state index contributed by atoms with van der Waals surface area (Å²) in [5.74, 6) is -1.76. The highest BCUT2D eigenvalue weighted by molar-refractivity contribution is 7.88. The van der Waals surface area contributed by atoms with Gasteiger partial charge in [-0.25, -0.2) is 0 Å². The smallest absolute Gasteiger partial charge is 0.311 e. The molecule has 0 aromatic carbocycles. The predicted octanol–water partition coefficient (Wildman–Crippen LogP) is 1.71. The molecule has 0 radical (unpaired) electrons. The molecule has 0 N–H and O–H groups in total. The van der Waals surface area contributed by atoms with Crippen molar-refractivity contribution in [2.75, 3.05) is 6.61 Å². The topological polar surface area (TPSA) is 93.5 Å². The number of ether oxygens (including phenoxy) is 1. The molecule has 0 spiro atoms. The van der Waals surface area contributed by atoms with E-state index in [4.69, 9.17) is 8.92 Å². The molecule has 2 saturated carbocycles. The normalized spacial score (nSPS) is 43.1. The van der Waals surface area contributed by atoms with Crippen LogP contribution in [0.1, 0.15) is 34.1 Å². The molecule has 7 heteroatoms. The Kier molecular flexibility index (Phi) is 3.77. The lowest BCUT2D eigenvalue weighted by molar-refractivity contribution is -0.155. The Hall–Kier alpha value is -1.13. The fraction of sp³-hybridized carbons (Fsp3) is 0.875. The van der Waals surface area contributed by atoms with Crippen LogP contribution >= 0.6 is 0 Å². The summed E-state index contributed by atoms with van der Waals surface area (Å²) in [5, 5.41) is 9.70. The summed E-state index contributed by atoms with van der Waals surface area (Å²) >= 11 is 0. The van der Waals surface area contributed by atoms with Crippen LogP contribution in [0.3, 0.4) is 0 Å². The number of hydrogen-bond donors (Lipinski definition) is 0. The fourth-order valence-corrected chi connectivity index (χ4v) is 7.18. The van der Waals surface area contributed by atoms with Crippen LogP contribution in [-0.2, 0) is 23.8 Å². The van der Waals surface area contributed by atoms with Crippen molar-refractivity contribution in [3.63, 3.8) is 0 Å². The first kappa shape index (κ1) is 16.7. The molecule has 3 rings (SSSR count). The first-order valence-electron chi connectivity index (χ1n) is 8.18. The molecular formula is C16H23NO5S. The van der Waals surface area contributed by atoms with E-state index < -0.39 is 38.7 Å². The summed E-state index contributed by atoms with van der Waals surface area (Å²) in [6, 6.07) is 2.07. The van der Waals surface area contributed by atoms with Crippen molar-refractivity contribution >= 4 is 16.1 Å². The van der Waals surface area contributed by atoms with Crippen LogP contribution in [-0.4, -0.2) is 31.8 Å². The highest BCUT2D eigenvalue weighted by Gasteiger charge is 2.79. The van der Waals surface area contributed by atoms with Gasteiger partial charge in [0.2, 0.25) is 0 Å². The van der Waals surface area contributed by atoms with Crippen molar-refractivity contribution in [2.45, 2.75) is 45.0 Å². The predicted molar refractivity (Wildman–Crippen MR) is 81.3 cm³/mol. The summed E-state index contributed by atoms with van der Waals surface area (Å²) in [5.41, 5.74) is 0. The van der Waals surface area contributed by atoms with Gasteiger partial charge in [0, 0.05) is 11.8 Å². The maximum absolute atomic E-state index is 12.6. The van der Waals surface area contributed by atoms with Gasteiger partial charge in [-0.3, -0.25) is 8.98 Å². The third-order valence-electron chi connectivity index (χ3n) is 5.62. The van der Waals surface area contributed by atoms with Crippen LogP contribution in [0, 0.1) is 46.8 Å². The van der Waals surface area contributed by atoms with E-state index >= 15 is 0 Å². The molecule has 1 saturated heterocycles. The lowest BCUT2D eigenvalue weighted by Gasteiger charge is -2.37. The SMILES string of the molecule is CC(C)COC(=O)C1C2CC3C1OS(=O)(=O)C3(C#N)C2C(C)C. The Balaban J connectivity index is 1.99. The molecule has 1 heterocycles. The van der Waals surface area contributed by atoms with Crippen LogP contribution in [0.2, 0.25) is 0 Å². The van der Waals surface area contributed by atoms with Crippen LogP contribution in [0.25, 0.3) is 0 Å². The second kappa shape index (κ2) is 5.18. The fourth-order valence-electron chi connectivity index (χ4n) is 4.98. The van der Waals surface area contributed by atoms with Crippen molar-refractivity contribution in [1.29, 1.82) is 5.26 Å². The Morgan fingerprint density at radius 3 is 2.57 bits per heavy atom. The van der Waals surface area contributed by atoms with E-state index in [1.807, 2.05) is 27.7 Å². The standard InChI is InChI=1S/C16H23NO5S/c1-8(2)6-21-15(18)12-10-5-11-14(12)22-23(19,20)16(11,7-17)13(10)9(3)4/h8-14H,5-6H2,1-4H3. The van der Waals surface area contributed by atoms with Gasteiger partial charge in [0.1, 0.15) is 0 Å².